The highest BCUT2D eigenvalue weighted by Crippen LogP contribution is 2.25. The maximum Gasteiger partial charge on any atom is 0.224 e. The van der Waals surface area contributed by atoms with E-state index in [-0.39, 0.29) is 18.3 Å². The molecule has 2 aromatic carbocycles. The van der Waals surface area contributed by atoms with E-state index in [0.29, 0.717) is 12.3 Å². The van der Waals surface area contributed by atoms with E-state index >= 15 is 0 Å². The fourth-order valence-electron chi connectivity index (χ4n) is 3.33. The van der Waals surface area contributed by atoms with Crippen molar-refractivity contribution in [1.29, 1.82) is 0 Å². The number of hydrogen-bond donors (Lipinski definition) is 2. The van der Waals surface area contributed by atoms with Gasteiger partial charge in [-0.25, -0.2) is 0 Å². The second-order valence-electron chi connectivity index (χ2n) is 6.63. The van der Waals surface area contributed by atoms with Gasteiger partial charge < -0.3 is 15.4 Å². The first-order chi connectivity index (χ1) is 12.2. The van der Waals surface area contributed by atoms with Crippen LogP contribution in [0.2, 0.25) is 0 Å². The topological polar surface area (TPSA) is 50.4 Å². The Morgan fingerprint density at radius 2 is 2.04 bits per heavy atom. The molecule has 0 aromatic heterocycles. The molecule has 2 aromatic rings. The number of anilines is 1. The third-order valence-electron chi connectivity index (χ3n) is 4.74. The predicted octanol–water partition coefficient (Wildman–Crippen LogP) is 4.04. The summed E-state index contributed by atoms with van der Waals surface area (Å²) in [5.74, 6) is 1.57. The summed E-state index contributed by atoms with van der Waals surface area (Å²) in [5, 5.41) is 6.37. The van der Waals surface area contributed by atoms with Crippen LogP contribution in [0.15, 0.2) is 48.5 Å². The molecule has 3 rings (SSSR count). The van der Waals surface area contributed by atoms with Crippen LogP contribution in [0.25, 0.3) is 0 Å². The van der Waals surface area contributed by atoms with Crippen molar-refractivity contribution in [3.63, 3.8) is 0 Å². The molecule has 0 radical (unpaired) electrons. The van der Waals surface area contributed by atoms with Crippen molar-refractivity contribution in [2.75, 3.05) is 25.5 Å². The zero-order valence-corrected chi connectivity index (χ0v) is 16.0. The number of carbonyl (C=O) groups excluding carboxylic acids is 1. The standard InChI is InChI=1S/C21H26N2O2.ClH/c1-25-20-9-8-19(14-18(20)13-16-5-3-2-4-6-16)23-21(24)10-7-17-11-12-22-15-17;/h2-6,8-9,14,17,22H,7,10-13,15H2,1H3,(H,23,24);1H. The number of halogens is 1. The molecule has 4 nitrogen and oxygen atoms in total. The minimum absolute atomic E-state index is 0. The van der Waals surface area contributed by atoms with Crippen LogP contribution < -0.4 is 15.4 Å². The first-order valence-electron chi connectivity index (χ1n) is 8.96. The lowest BCUT2D eigenvalue weighted by atomic mass is 10.0. The Labute approximate surface area is 161 Å². The highest BCUT2D eigenvalue weighted by atomic mass is 35.5. The molecule has 0 bridgehead atoms. The van der Waals surface area contributed by atoms with Crippen LogP contribution in [0.4, 0.5) is 5.69 Å². The molecule has 0 spiro atoms. The molecule has 2 N–H and O–H groups in total. The van der Waals surface area contributed by atoms with Crippen molar-refractivity contribution in [3.05, 3.63) is 59.7 Å². The minimum atomic E-state index is 0. The van der Waals surface area contributed by atoms with Gasteiger partial charge in [0, 0.05) is 24.1 Å². The van der Waals surface area contributed by atoms with Crippen molar-refractivity contribution < 1.29 is 9.53 Å². The van der Waals surface area contributed by atoms with E-state index in [4.69, 9.17) is 4.74 Å². The number of amides is 1. The van der Waals surface area contributed by atoms with Gasteiger partial charge in [0.25, 0.3) is 0 Å². The van der Waals surface area contributed by atoms with Crippen LogP contribution in [0, 0.1) is 5.92 Å². The summed E-state index contributed by atoms with van der Waals surface area (Å²) >= 11 is 0. The number of rotatable bonds is 7. The molecule has 1 saturated heterocycles. The normalized spacial score (nSPS) is 16.0. The first kappa shape index (κ1) is 20.3. The van der Waals surface area contributed by atoms with Crippen LogP contribution in [0.5, 0.6) is 5.75 Å². The molecule has 26 heavy (non-hydrogen) atoms. The fourth-order valence-corrected chi connectivity index (χ4v) is 3.33. The second-order valence-corrected chi connectivity index (χ2v) is 6.63. The Hall–Kier alpha value is -2.04. The van der Waals surface area contributed by atoms with Gasteiger partial charge in [-0.1, -0.05) is 30.3 Å². The summed E-state index contributed by atoms with van der Waals surface area (Å²) in [4.78, 5) is 12.2. The van der Waals surface area contributed by atoms with Crippen LogP contribution >= 0.6 is 12.4 Å². The largest absolute Gasteiger partial charge is 0.496 e. The predicted molar refractivity (Wildman–Crippen MR) is 108 cm³/mol. The number of carbonyl (C=O) groups is 1. The van der Waals surface area contributed by atoms with Gasteiger partial charge in [-0.05, 0) is 55.6 Å². The number of hydrogen-bond acceptors (Lipinski definition) is 3. The number of nitrogens with one attached hydrogen (secondary N) is 2. The highest BCUT2D eigenvalue weighted by molar-refractivity contribution is 5.90. The maximum atomic E-state index is 12.2. The monoisotopic (exact) mass is 374 g/mol. The van der Waals surface area contributed by atoms with Crippen molar-refractivity contribution >= 4 is 24.0 Å². The third kappa shape index (κ3) is 5.75. The average molecular weight is 375 g/mol. The first-order valence-corrected chi connectivity index (χ1v) is 8.96. The molecule has 5 heteroatoms. The van der Waals surface area contributed by atoms with Crippen molar-refractivity contribution in [1.82, 2.24) is 5.32 Å². The van der Waals surface area contributed by atoms with Crippen LogP contribution in [-0.2, 0) is 11.2 Å². The Morgan fingerprint density at radius 1 is 1.23 bits per heavy atom. The molecule has 140 valence electrons. The summed E-state index contributed by atoms with van der Waals surface area (Å²) in [6.07, 6.45) is 3.48. The zero-order valence-electron chi connectivity index (χ0n) is 15.2. The second kappa shape index (κ2) is 10.2. The molecular weight excluding hydrogens is 348 g/mol. The smallest absolute Gasteiger partial charge is 0.224 e. The van der Waals surface area contributed by atoms with Crippen LogP contribution in [-0.4, -0.2) is 26.1 Å². The molecule has 0 saturated carbocycles. The summed E-state index contributed by atoms with van der Waals surface area (Å²) < 4.78 is 5.47. The van der Waals surface area contributed by atoms with Gasteiger partial charge in [0.05, 0.1) is 7.11 Å². The van der Waals surface area contributed by atoms with Gasteiger partial charge in [0.2, 0.25) is 5.91 Å². The van der Waals surface area contributed by atoms with Gasteiger partial charge in [-0.2, -0.15) is 0 Å². The molecule has 1 aliphatic heterocycles. The van der Waals surface area contributed by atoms with E-state index in [1.807, 2.05) is 36.4 Å². The van der Waals surface area contributed by atoms with Crippen molar-refractivity contribution in [2.24, 2.45) is 5.92 Å². The van der Waals surface area contributed by atoms with Gasteiger partial charge in [-0.3, -0.25) is 4.79 Å². The van der Waals surface area contributed by atoms with E-state index in [2.05, 4.69) is 22.8 Å². The third-order valence-corrected chi connectivity index (χ3v) is 4.74. The lowest BCUT2D eigenvalue weighted by Gasteiger charge is -2.13. The SMILES string of the molecule is COc1ccc(NC(=O)CCC2CCNC2)cc1Cc1ccccc1.Cl. The lowest BCUT2D eigenvalue weighted by Crippen LogP contribution is -2.15. The number of methoxy groups -OCH3 is 1. The van der Waals surface area contributed by atoms with E-state index < -0.39 is 0 Å². The minimum Gasteiger partial charge on any atom is -0.496 e. The molecule has 1 aliphatic rings. The van der Waals surface area contributed by atoms with E-state index in [1.165, 1.54) is 12.0 Å². The molecule has 1 unspecified atom stereocenters. The molecular formula is C21H27ClN2O2. The van der Waals surface area contributed by atoms with E-state index in [1.54, 1.807) is 7.11 Å². The number of ether oxygens (including phenoxy) is 1. The molecule has 1 heterocycles. The Morgan fingerprint density at radius 3 is 2.73 bits per heavy atom. The average Bonchev–Trinajstić information content (AvgIpc) is 3.15. The lowest BCUT2D eigenvalue weighted by molar-refractivity contribution is -0.116. The van der Waals surface area contributed by atoms with Crippen LogP contribution in [0.1, 0.15) is 30.4 Å². The van der Waals surface area contributed by atoms with Gasteiger partial charge in [0.1, 0.15) is 5.75 Å². The van der Waals surface area contributed by atoms with E-state index in [9.17, 15) is 4.79 Å². The maximum absolute atomic E-state index is 12.2. The Kier molecular flexibility index (Phi) is 7.95. The summed E-state index contributed by atoms with van der Waals surface area (Å²) in [6.45, 7) is 2.12. The number of benzene rings is 2. The Balaban J connectivity index is 0.00000243. The quantitative estimate of drug-likeness (QED) is 0.769. The summed E-state index contributed by atoms with van der Waals surface area (Å²) in [6, 6.07) is 16.1. The highest BCUT2D eigenvalue weighted by Gasteiger charge is 2.16. The summed E-state index contributed by atoms with van der Waals surface area (Å²) in [7, 11) is 1.68. The van der Waals surface area contributed by atoms with Gasteiger partial charge >= 0.3 is 0 Å². The summed E-state index contributed by atoms with van der Waals surface area (Å²) in [5.41, 5.74) is 3.13. The van der Waals surface area contributed by atoms with Gasteiger partial charge in [-0.15, -0.1) is 12.4 Å². The van der Waals surface area contributed by atoms with Crippen molar-refractivity contribution in [3.8, 4) is 5.75 Å². The fraction of sp³-hybridized carbons (Fsp3) is 0.381. The van der Waals surface area contributed by atoms with Gasteiger partial charge in [0.15, 0.2) is 0 Å². The molecule has 1 atom stereocenters. The molecule has 1 amide bonds. The van der Waals surface area contributed by atoms with E-state index in [0.717, 1.165) is 42.9 Å². The Bertz CT molecular complexity index is 700. The molecule has 1 fully saturated rings. The zero-order chi connectivity index (χ0) is 17.5. The molecule has 0 aliphatic carbocycles. The van der Waals surface area contributed by atoms with Crippen molar-refractivity contribution in [2.45, 2.75) is 25.7 Å². The van der Waals surface area contributed by atoms with Crippen LogP contribution in [0.3, 0.4) is 0 Å².